The molecule has 21 heavy (non-hydrogen) atoms. The van der Waals surface area contributed by atoms with Gasteiger partial charge in [0.1, 0.15) is 0 Å². The standard InChI is InChI=1S/C17H21BrClNS/c1-12(2)20-11-14(10-17-16(18)6-7-21-17)8-13-4-3-5-15(19)9-13/h3-7,9,12,14,20H,8,10-11H2,1-2H3. The molecule has 2 aromatic rings. The van der Waals surface area contributed by atoms with Gasteiger partial charge in [-0.3, -0.25) is 0 Å². The summed E-state index contributed by atoms with van der Waals surface area (Å²) in [6.45, 7) is 5.41. The molecule has 0 radical (unpaired) electrons. The van der Waals surface area contributed by atoms with Crippen LogP contribution in [0.4, 0.5) is 0 Å². The van der Waals surface area contributed by atoms with Gasteiger partial charge in [0.25, 0.3) is 0 Å². The van der Waals surface area contributed by atoms with Gasteiger partial charge < -0.3 is 5.32 Å². The van der Waals surface area contributed by atoms with Gasteiger partial charge in [0.15, 0.2) is 0 Å². The summed E-state index contributed by atoms with van der Waals surface area (Å²) in [5.41, 5.74) is 1.31. The van der Waals surface area contributed by atoms with Gasteiger partial charge in [0, 0.05) is 20.4 Å². The molecule has 0 fully saturated rings. The van der Waals surface area contributed by atoms with Crippen LogP contribution in [0, 0.1) is 5.92 Å². The van der Waals surface area contributed by atoms with Crippen LogP contribution < -0.4 is 5.32 Å². The molecule has 1 heterocycles. The molecule has 1 unspecified atom stereocenters. The fourth-order valence-electron chi connectivity index (χ4n) is 2.35. The number of halogens is 2. The fraction of sp³-hybridized carbons (Fsp3) is 0.412. The average Bonchev–Trinajstić information content (AvgIpc) is 2.81. The quantitative estimate of drug-likeness (QED) is 0.656. The Labute approximate surface area is 144 Å². The van der Waals surface area contributed by atoms with Crippen molar-refractivity contribution in [3.8, 4) is 0 Å². The predicted molar refractivity (Wildman–Crippen MR) is 97.5 cm³/mol. The first-order chi connectivity index (χ1) is 10.0. The maximum absolute atomic E-state index is 6.10. The first kappa shape index (κ1) is 17.0. The summed E-state index contributed by atoms with van der Waals surface area (Å²) in [7, 11) is 0. The van der Waals surface area contributed by atoms with Crippen molar-refractivity contribution in [2.24, 2.45) is 5.92 Å². The third-order valence-electron chi connectivity index (χ3n) is 3.39. The molecule has 0 amide bonds. The second-order valence-corrected chi connectivity index (χ2v) is 7.95. The van der Waals surface area contributed by atoms with Crippen molar-refractivity contribution in [2.75, 3.05) is 6.54 Å². The highest BCUT2D eigenvalue weighted by Gasteiger charge is 2.14. The first-order valence-corrected chi connectivity index (χ1v) is 9.29. The number of thiophene rings is 1. The summed E-state index contributed by atoms with van der Waals surface area (Å²) >= 11 is 11.6. The molecule has 0 bridgehead atoms. The minimum Gasteiger partial charge on any atom is -0.314 e. The van der Waals surface area contributed by atoms with Crippen molar-refractivity contribution in [1.82, 2.24) is 5.32 Å². The highest BCUT2D eigenvalue weighted by atomic mass is 79.9. The zero-order valence-electron chi connectivity index (χ0n) is 12.4. The average molecular weight is 387 g/mol. The van der Waals surface area contributed by atoms with Crippen LogP contribution in [0.2, 0.25) is 5.02 Å². The molecular formula is C17H21BrClNS. The van der Waals surface area contributed by atoms with Gasteiger partial charge in [-0.2, -0.15) is 0 Å². The smallest absolute Gasteiger partial charge is 0.0408 e. The Kier molecular flexibility index (Phi) is 6.74. The molecule has 1 atom stereocenters. The summed E-state index contributed by atoms with van der Waals surface area (Å²) < 4.78 is 1.23. The SMILES string of the molecule is CC(C)NCC(Cc1cccc(Cl)c1)Cc1sccc1Br. The van der Waals surface area contributed by atoms with Crippen LogP contribution in [0.25, 0.3) is 0 Å². The summed E-state index contributed by atoms with van der Waals surface area (Å²) in [5, 5.41) is 6.53. The predicted octanol–water partition coefficient (Wildman–Crippen LogP) is 5.56. The number of hydrogen-bond donors (Lipinski definition) is 1. The van der Waals surface area contributed by atoms with Crippen LogP contribution in [0.3, 0.4) is 0 Å². The maximum atomic E-state index is 6.10. The van der Waals surface area contributed by atoms with Crippen LogP contribution in [0.5, 0.6) is 0 Å². The van der Waals surface area contributed by atoms with Gasteiger partial charge in [-0.15, -0.1) is 11.3 Å². The number of nitrogens with one attached hydrogen (secondary N) is 1. The van der Waals surface area contributed by atoms with Crippen molar-refractivity contribution in [3.05, 3.63) is 55.6 Å². The normalized spacial score (nSPS) is 12.8. The molecule has 1 aromatic heterocycles. The number of hydrogen-bond acceptors (Lipinski definition) is 2. The molecule has 0 aliphatic rings. The van der Waals surface area contributed by atoms with E-state index in [0.717, 1.165) is 24.4 Å². The molecule has 2 rings (SSSR count). The van der Waals surface area contributed by atoms with E-state index in [1.807, 2.05) is 23.5 Å². The van der Waals surface area contributed by atoms with E-state index < -0.39 is 0 Å². The van der Waals surface area contributed by atoms with Crippen molar-refractivity contribution in [2.45, 2.75) is 32.7 Å². The van der Waals surface area contributed by atoms with Crippen molar-refractivity contribution in [3.63, 3.8) is 0 Å². The van der Waals surface area contributed by atoms with Gasteiger partial charge >= 0.3 is 0 Å². The molecule has 0 saturated heterocycles. The monoisotopic (exact) mass is 385 g/mol. The van der Waals surface area contributed by atoms with Gasteiger partial charge in [0.2, 0.25) is 0 Å². The summed E-state index contributed by atoms with van der Waals surface area (Å²) in [5.74, 6) is 0.570. The van der Waals surface area contributed by atoms with E-state index in [1.165, 1.54) is 14.9 Å². The van der Waals surface area contributed by atoms with E-state index in [9.17, 15) is 0 Å². The van der Waals surface area contributed by atoms with E-state index in [1.54, 1.807) is 0 Å². The maximum Gasteiger partial charge on any atom is 0.0408 e. The third kappa shape index (κ3) is 5.74. The Hall–Kier alpha value is -0.350. The lowest BCUT2D eigenvalue weighted by molar-refractivity contribution is 0.446. The minimum atomic E-state index is 0.513. The third-order valence-corrected chi connectivity index (χ3v) is 5.58. The van der Waals surface area contributed by atoms with Gasteiger partial charge in [0.05, 0.1) is 0 Å². The lowest BCUT2D eigenvalue weighted by atomic mass is 9.95. The topological polar surface area (TPSA) is 12.0 Å². The molecule has 1 N–H and O–H groups in total. The first-order valence-electron chi connectivity index (χ1n) is 7.24. The van der Waals surface area contributed by atoms with Crippen molar-refractivity contribution < 1.29 is 0 Å². The van der Waals surface area contributed by atoms with Gasteiger partial charge in [-0.25, -0.2) is 0 Å². The molecule has 114 valence electrons. The Balaban J connectivity index is 2.06. The Bertz CT molecular complexity index is 567. The van der Waals surface area contributed by atoms with Gasteiger partial charge in [-0.1, -0.05) is 37.6 Å². The number of rotatable bonds is 7. The molecule has 4 heteroatoms. The van der Waals surface area contributed by atoms with E-state index in [-0.39, 0.29) is 0 Å². The van der Waals surface area contributed by atoms with Crippen LogP contribution >= 0.6 is 38.9 Å². The summed E-state index contributed by atoms with van der Waals surface area (Å²) in [4.78, 5) is 1.42. The fourth-order valence-corrected chi connectivity index (χ4v) is 4.19. The van der Waals surface area contributed by atoms with Crippen LogP contribution in [0.1, 0.15) is 24.3 Å². The molecular weight excluding hydrogens is 366 g/mol. The van der Waals surface area contributed by atoms with E-state index in [2.05, 4.69) is 58.7 Å². The van der Waals surface area contributed by atoms with Crippen molar-refractivity contribution >= 4 is 38.9 Å². The van der Waals surface area contributed by atoms with Crippen LogP contribution in [0.15, 0.2) is 40.2 Å². The Morgan fingerprint density at radius 2 is 2.05 bits per heavy atom. The molecule has 0 aliphatic heterocycles. The largest absolute Gasteiger partial charge is 0.314 e. The lowest BCUT2D eigenvalue weighted by Crippen LogP contribution is -2.31. The molecule has 0 spiro atoms. The molecule has 0 saturated carbocycles. The zero-order chi connectivity index (χ0) is 15.2. The van der Waals surface area contributed by atoms with E-state index in [0.29, 0.717) is 12.0 Å². The second kappa shape index (κ2) is 8.33. The van der Waals surface area contributed by atoms with Crippen LogP contribution in [-0.4, -0.2) is 12.6 Å². The minimum absolute atomic E-state index is 0.513. The van der Waals surface area contributed by atoms with Gasteiger partial charge in [-0.05, 0) is 70.4 Å². The summed E-state index contributed by atoms with van der Waals surface area (Å²) in [6.07, 6.45) is 2.13. The van der Waals surface area contributed by atoms with Crippen LogP contribution in [-0.2, 0) is 12.8 Å². The lowest BCUT2D eigenvalue weighted by Gasteiger charge is -2.19. The highest BCUT2D eigenvalue weighted by molar-refractivity contribution is 9.10. The molecule has 0 aliphatic carbocycles. The Morgan fingerprint density at radius 1 is 1.24 bits per heavy atom. The zero-order valence-corrected chi connectivity index (χ0v) is 15.6. The van der Waals surface area contributed by atoms with Crippen molar-refractivity contribution in [1.29, 1.82) is 0 Å². The van der Waals surface area contributed by atoms with E-state index in [4.69, 9.17) is 11.6 Å². The highest BCUT2D eigenvalue weighted by Crippen LogP contribution is 2.27. The molecule has 1 aromatic carbocycles. The second-order valence-electron chi connectivity index (χ2n) is 5.66. The Morgan fingerprint density at radius 3 is 2.67 bits per heavy atom. The number of benzene rings is 1. The summed E-state index contributed by atoms with van der Waals surface area (Å²) in [6, 6.07) is 10.9. The van der Waals surface area contributed by atoms with E-state index >= 15 is 0 Å². The molecule has 1 nitrogen and oxygen atoms in total.